The Kier molecular flexibility index (Phi) is 5.02. The second-order valence-electron chi connectivity index (χ2n) is 4.62. The van der Waals surface area contributed by atoms with Crippen LogP contribution in [0.25, 0.3) is 0 Å². The van der Waals surface area contributed by atoms with Crippen molar-refractivity contribution in [1.29, 1.82) is 0 Å². The Balaban J connectivity index is 1.96. The zero-order valence-corrected chi connectivity index (χ0v) is 12.0. The van der Waals surface area contributed by atoms with Gasteiger partial charge in [0.25, 0.3) is 11.5 Å². The number of aromatic nitrogens is 1. The molecular weight excluding hydrogens is 329 g/mol. The summed E-state index contributed by atoms with van der Waals surface area (Å²) in [7, 11) is 0. The minimum absolute atomic E-state index is 0.0940. The molecular formula is C15H11F3N2O4. The minimum atomic E-state index is -4.54. The lowest BCUT2D eigenvalue weighted by Gasteiger charge is -2.10. The number of esters is 1. The van der Waals surface area contributed by atoms with Gasteiger partial charge in [0.15, 0.2) is 6.61 Å². The van der Waals surface area contributed by atoms with Crippen molar-refractivity contribution < 1.29 is 27.5 Å². The van der Waals surface area contributed by atoms with Crippen molar-refractivity contribution in [3.63, 3.8) is 0 Å². The number of aromatic amines is 1. The number of H-pyrrole nitrogens is 1. The van der Waals surface area contributed by atoms with Gasteiger partial charge in [-0.2, -0.15) is 13.2 Å². The zero-order chi connectivity index (χ0) is 17.7. The Hall–Kier alpha value is -3.10. The molecule has 0 spiro atoms. The van der Waals surface area contributed by atoms with Crippen LogP contribution >= 0.6 is 0 Å². The molecule has 2 N–H and O–H groups in total. The van der Waals surface area contributed by atoms with Crippen molar-refractivity contribution >= 4 is 17.6 Å². The Morgan fingerprint density at radius 3 is 2.58 bits per heavy atom. The van der Waals surface area contributed by atoms with Crippen LogP contribution < -0.4 is 10.9 Å². The summed E-state index contributed by atoms with van der Waals surface area (Å²) < 4.78 is 42.4. The van der Waals surface area contributed by atoms with E-state index < -0.39 is 35.8 Å². The van der Waals surface area contributed by atoms with E-state index in [1.807, 2.05) is 0 Å². The summed E-state index contributed by atoms with van der Waals surface area (Å²) in [5.41, 5.74) is -1.98. The molecule has 0 saturated heterocycles. The Morgan fingerprint density at radius 2 is 1.92 bits per heavy atom. The van der Waals surface area contributed by atoms with Gasteiger partial charge in [-0.3, -0.25) is 9.59 Å². The molecule has 0 bridgehead atoms. The van der Waals surface area contributed by atoms with E-state index >= 15 is 0 Å². The van der Waals surface area contributed by atoms with Crippen molar-refractivity contribution in [1.82, 2.24) is 4.98 Å². The molecule has 1 amide bonds. The zero-order valence-electron chi connectivity index (χ0n) is 12.0. The van der Waals surface area contributed by atoms with Gasteiger partial charge >= 0.3 is 12.1 Å². The normalized spacial score (nSPS) is 11.0. The van der Waals surface area contributed by atoms with Crippen LogP contribution in [0.2, 0.25) is 0 Å². The van der Waals surface area contributed by atoms with Crippen LogP contribution in [0, 0.1) is 0 Å². The van der Waals surface area contributed by atoms with Crippen LogP contribution in [0.15, 0.2) is 47.4 Å². The Labute approximate surface area is 133 Å². The maximum atomic E-state index is 12.6. The SMILES string of the molecule is O=C(COC(=O)c1ccc[nH]c1=O)Nc1cccc(C(F)(F)F)c1. The van der Waals surface area contributed by atoms with E-state index in [1.54, 1.807) is 0 Å². The van der Waals surface area contributed by atoms with Crippen LogP contribution in [-0.4, -0.2) is 23.5 Å². The lowest BCUT2D eigenvalue weighted by atomic mass is 10.2. The van der Waals surface area contributed by atoms with Gasteiger partial charge in [0, 0.05) is 11.9 Å². The first kappa shape index (κ1) is 17.3. The number of halogens is 3. The quantitative estimate of drug-likeness (QED) is 0.835. The van der Waals surface area contributed by atoms with Gasteiger partial charge in [0.1, 0.15) is 5.56 Å². The highest BCUT2D eigenvalue weighted by Gasteiger charge is 2.30. The highest BCUT2D eigenvalue weighted by atomic mass is 19.4. The number of hydrogen-bond donors (Lipinski definition) is 2. The summed E-state index contributed by atoms with van der Waals surface area (Å²) in [5, 5.41) is 2.17. The van der Waals surface area contributed by atoms with Crippen LogP contribution in [-0.2, 0) is 15.7 Å². The molecule has 1 heterocycles. The average Bonchev–Trinajstić information content (AvgIpc) is 2.52. The van der Waals surface area contributed by atoms with E-state index in [0.717, 1.165) is 18.2 Å². The van der Waals surface area contributed by atoms with Gasteiger partial charge < -0.3 is 15.0 Å². The number of rotatable bonds is 4. The van der Waals surface area contributed by atoms with E-state index in [2.05, 4.69) is 15.0 Å². The molecule has 24 heavy (non-hydrogen) atoms. The molecule has 9 heteroatoms. The summed E-state index contributed by atoms with van der Waals surface area (Å²) in [6.07, 6.45) is -3.22. The van der Waals surface area contributed by atoms with Gasteiger partial charge in [-0.25, -0.2) is 4.79 Å². The molecule has 0 fully saturated rings. The van der Waals surface area contributed by atoms with Crippen LogP contribution in [0.5, 0.6) is 0 Å². The van der Waals surface area contributed by atoms with Gasteiger partial charge in [0.2, 0.25) is 0 Å². The fraction of sp³-hybridized carbons (Fsp3) is 0.133. The molecule has 126 valence electrons. The Morgan fingerprint density at radius 1 is 1.17 bits per heavy atom. The molecule has 0 unspecified atom stereocenters. The standard InChI is InChI=1S/C15H11F3N2O4/c16-15(17,18)9-3-1-4-10(7-9)20-12(21)8-24-14(23)11-5-2-6-19-13(11)22/h1-7H,8H2,(H,19,22)(H,20,21). The third kappa shape index (κ3) is 4.45. The first-order valence-electron chi connectivity index (χ1n) is 6.59. The highest BCUT2D eigenvalue weighted by Crippen LogP contribution is 2.30. The van der Waals surface area contributed by atoms with Crippen LogP contribution in [0.3, 0.4) is 0 Å². The van der Waals surface area contributed by atoms with Crippen molar-refractivity contribution in [3.8, 4) is 0 Å². The number of ether oxygens (including phenoxy) is 1. The summed E-state index contributed by atoms with van der Waals surface area (Å²) in [5.74, 6) is -1.86. The summed E-state index contributed by atoms with van der Waals surface area (Å²) in [6.45, 7) is -0.747. The lowest BCUT2D eigenvalue weighted by Crippen LogP contribution is -2.24. The number of anilines is 1. The Bertz CT molecular complexity index is 815. The van der Waals surface area contributed by atoms with Crippen molar-refractivity contribution in [2.75, 3.05) is 11.9 Å². The molecule has 0 aliphatic rings. The molecule has 6 nitrogen and oxygen atoms in total. The fourth-order valence-corrected chi connectivity index (χ4v) is 1.76. The average molecular weight is 340 g/mol. The molecule has 0 saturated carbocycles. The second-order valence-corrected chi connectivity index (χ2v) is 4.62. The molecule has 2 rings (SSSR count). The summed E-state index contributed by atoms with van der Waals surface area (Å²) >= 11 is 0. The van der Waals surface area contributed by atoms with Crippen molar-refractivity contribution in [2.45, 2.75) is 6.18 Å². The number of carbonyl (C=O) groups is 2. The number of alkyl halides is 3. The molecule has 2 aromatic rings. The van der Waals surface area contributed by atoms with Crippen molar-refractivity contribution in [3.05, 3.63) is 64.1 Å². The molecule has 0 aliphatic carbocycles. The largest absolute Gasteiger partial charge is 0.452 e. The van der Waals surface area contributed by atoms with E-state index in [1.165, 1.54) is 24.4 Å². The molecule has 0 atom stereocenters. The fourth-order valence-electron chi connectivity index (χ4n) is 1.76. The van der Waals surface area contributed by atoms with E-state index in [-0.39, 0.29) is 11.3 Å². The predicted molar refractivity (Wildman–Crippen MR) is 77.4 cm³/mol. The second kappa shape index (κ2) is 6.99. The maximum Gasteiger partial charge on any atom is 0.416 e. The van der Waals surface area contributed by atoms with Crippen molar-refractivity contribution in [2.24, 2.45) is 0 Å². The topological polar surface area (TPSA) is 88.3 Å². The highest BCUT2D eigenvalue weighted by molar-refractivity contribution is 5.95. The van der Waals surface area contributed by atoms with E-state index in [4.69, 9.17) is 0 Å². The summed E-state index contributed by atoms with van der Waals surface area (Å²) in [6, 6.07) is 6.62. The van der Waals surface area contributed by atoms with E-state index in [0.29, 0.717) is 0 Å². The third-order valence-electron chi connectivity index (χ3n) is 2.85. The summed E-state index contributed by atoms with van der Waals surface area (Å²) in [4.78, 5) is 36.9. The monoisotopic (exact) mass is 340 g/mol. The number of amides is 1. The van der Waals surface area contributed by atoms with Gasteiger partial charge in [-0.05, 0) is 30.3 Å². The first-order chi connectivity index (χ1) is 11.3. The smallest absolute Gasteiger partial charge is 0.416 e. The van der Waals surface area contributed by atoms with Crippen LogP contribution in [0.1, 0.15) is 15.9 Å². The molecule has 0 radical (unpaired) electrons. The molecule has 1 aromatic heterocycles. The van der Waals surface area contributed by atoms with Gasteiger partial charge in [-0.1, -0.05) is 6.07 Å². The predicted octanol–water partition coefficient (Wildman–Crippen LogP) is 2.19. The number of benzene rings is 1. The van der Waals surface area contributed by atoms with Crippen LogP contribution in [0.4, 0.5) is 18.9 Å². The number of pyridine rings is 1. The maximum absolute atomic E-state index is 12.6. The number of hydrogen-bond acceptors (Lipinski definition) is 4. The number of carbonyl (C=O) groups excluding carboxylic acids is 2. The number of nitrogens with one attached hydrogen (secondary N) is 2. The lowest BCUT2D eigenvalue weighted by molar-refractivity contribution is -0.137. The first-order valence-corrected chi connectivity index (χ1v) is 6.59. The minimum Gasteiger partial charge on any atom is -0.452 e. The van der Waals surface area contributed by atoms with Gasteiger partial charge in [0.05, 0.1) is 5.56 Å². The van der Waals surface area contributed by atoms with E-state index in [9.17, 15) is 27.6 Å². The third-order valence-corrected chi connectivity index (χ3v) is 2.85. The van der Waals surface area contributed by atoms with Gasteiger partial charge in [-0.15, -0.1) is 0 Å². The molecule has 1 aromatic carbocycles. The molecule has 0 aliphatic heterocycles.